The summed E-state index contributed by atoms with van der Waals surface area (Å²) in [5.74, 6) is -1.25. The maximum Gasteiger partial charge on any atom is 0.335 e. The first-order valence-corrected chi connectivity index (χ1v) is 6.91. The summed E-state index contributed by atoms with van der Waals surface area (Å²) in [6.07, 6.45) is 0.560. The van der Waals surface area contributed by atoms with Crippen molar-refractivity contribution >= 4 is 17.6 Å². The highest BCUT2D eigenvalue weighted by Gasteiger charge is 2.08. The molecule has 0 aliphatic rings. The van der Waals surface area contributed by atoms with Crippen LogP contribution in [-0.4, -0.2) is 17.6 Å². The summed E-state index contributed by atoms with van der Waals surface area (Å²) in [4.78, 5) is 11.1. The lowest BCUT2D eigenvalue weighted by Crippen LogP contribution is -2.18. The van der Waals surface area contributed by atoms with E-state index < -0.39 is 5.97 Å². The van der Waals surface area contributed by atoms with Crippen LogP contribution >= 0.6 is 11.6 Å². The summed E-state index contributed by atoms with van der Waals surface area (Å²) < 4.78 is 13.5. The van der Waals surface area contributed by atoms with Gasteiger partial charge in [-0.25, -0.2) is 9.18 Å². The van der Waals surface area contributed by atoms with Crippen LogP contribution in [0, 0.1) is 5.82 Å². The summed E-state index contributed by atoms with van der Waals surface area (Å²) >= 11 is 5.82. The van der Waals surface area contributed by atoms with Crippen molar-refractivity contribution in [1.82, 2.24) is 5.32 Å². The van der Waals surface area contributed by atoms with Crippen LogP contribution in [0.25, 0.3) is 0 Å². The topological polar surface area (TPSA) is 49.3 Å². The van der Waals surface area contributed by atoms with Gasteiger partial charge in [-0.1, -0.05) is 29.8 Å². The lowest BCUT2D eigenvalue weighted by atomic mass is 10.0. The van der Waals surface area contributed by atoms with Gasteiger partial charge < -0.3 is 10.4 Å². The van der Waals surface area contributed by atoms with Crippen molar-refractivity contribution in [2.24, 2.45) is 0 Å². The maximum absolute atomic E-state index is 13.5. The molecule has 0 spiro atoms. The second-order valence-corrected chi connectivity index (χ2v) is 5.06. The molecule has 3 nitrogen and oxygen atoms in total. The van der Waals surface area contributed by atoms with E-state index in [0.717, 1.165) is 5.56 Å². The van der Waals surface area contributed by atoms with Crippen LogP contribution in [0.2, 0.25) is 5.02 Å². The van der Waals surface area contributed by atoms with Crippen molar-refractivity contribution in [2.75, 3.05) is 6.54 Å². The van der Waals surface area contributed by atoms with Gasteiger partial charge in [0.25, 0.3) is 0 Å². The minimum Gasteiger partial charge on any atom is -0.478 e. The van der Waals surface area contributed by atoms with Crippen LogP contribution < -0.4 is 5.32 Å². The lowest BCUT2D eigenvalue weighted by Gasteiger charge is -2.08. The number of carboxylic acid groups (broad SMARTS) is 1. The summed E-state index contributed by atoms with van der Waals surface area (Å²) in [5, 5.41) is 12.7. The van der Waals surface area contributed by atoms with Gasteiger partial charge in [-0.3, -0.25) is 0 Å². The molecule has 0 fully saturated rings. The Balaban J connectivity index is 1.91. The quantitative estimate of drug-likeness (QED) is 0.803. The molecule has 0 aliphatic carbocycles. The molecule has 0 saturated carbocycles. The van der Waals surface area contributed by atoms with E-state index in [1.807, 2.05) is 0 Å². The Hall–Kier alpha value is -1.91. The zero-order valence-corrected chi connectivity index (χ0v) is 12.0. The third-order valence-corrected chi connectivity index (χ3v) is 3.38. The van der Waals surface area contributed by atoms with Gasteiger partial charge in [0.1, 0.15) is 5.82 Å². The van der Waals surface area contributed by atoms with Crippen LogP contribution in [0.4, 0.5) is 4.39 Å². The Bertz CT molecular complexity index is 646. The number of hydrogen-bond donors (Lipinski definition) is 2. The summed E-state index contributed by atoms with van der Waals surface area (Å²) in [7, 11) is 0. The van der Waals surface area contributed by atoms with Gasteiger partial charge >= 0.3 is 5.97 Å². The third kappa shape index (κ3) is 4.28. The molecular formula is C16H15ClFNO2. The average molecular weight is 308 g/mol. The van der Waals surface area contributed by atoms with Gasteiger partial charge in [-0.15, -0.1) is 0 Å². The van der Waals surface area contributed by atoms with Gasteiger partial charge in [-0.05, 0) is 42.8 Å². The van der Waals surface area contributed by atoms with Crippen LogP contribution in [-0.2, 0) is 13.0 Å². The monoisotopic (exact) mass is 307 g/mol. The average Bonchev–Trinajstić information content (AvgIpc) is 2.47. The molecular weight excluding hydrogens is 293 g/mol. The Kier molecular flexibility index (Phi) is 5.31. The molecule has 0 amide bonds. The molecule has 2 N–H and O–H groups in total. The molecule has 0 saturated heterocycles. The highest BCUT2D eigenvalue weighted by Crippen LogP contribution is 2.14. The first kappa shape index (κ1) is 15.5. The molecule has 0 atom stereocenters. The minimum atomic E-state index is -0.938. The molecule has 110 valence electrons. The van der Waals surface area contributed by atoms with Crippen molar-refractivity contribution in [3.8, 4) is 0 Å². The first-order valence-electron chi connectivity index (χ1n) is 6.54. The fraction of sp³-hybridized carbons (Fsp3) is 0.188. The van der Waals surface area contributed by atoms with E-state index in [0.29, 0.717) is 35.7 Å². The van der Waals surface area contributed by atoms with Crippen LogP contribution in [0.1, 0.15) is 21.5 Å². The van der Waals surface area contributed by atoms with Gasteiger partial charge in [0, 0.05) is 17.1 Å². The Labute approximate surface area is 127 Å². The first-order chi connectivity index (χ1) is 10.1. The molecule has 21 heavy (non-hydrogen) atoms. The number of aromatic carboxylic acids is 1. The smallest absolute Gasteiger partial charge is 0.335 e. The van der Waals surface area contributed by atoms with Gasteiger partial charge in [0.2, 0.25) is 0 Å². The molecule has 0 aromatic heterocycles. The Morgan fingerprint density at radius 2 is 1.95 bits per heavy atom. The van der Waals surface area contributed by atoms with Crippen molar-refractivity contribution < 1.29 is 14.3 Å². The standard InChI is InChI=1S/C16H15ClFNO2/c17-13-5-6-15(18)12(9-13)10-19-8-7-11-3-1-2-4-14(11)16(20)21/h1-6,9,19H,7-8,10H2,(H,20,21). The number of carbonyl (C=O) groups is 1. The molecule has 0 bridgehead atoms. The molecule has 0 aliphatic heterocycles. The number of nitrogens with one attached hydrogen (secondary N) is 1. The summed E-state index contributed by atoms with van der Waals surface area (Å²) in [6, 6.07) is 11.3. The largest absolute Gasteiger partial charge is 0.478 e. The van der Waals surface area contributed by atoms with E-state index in [1.165, 1.54) is 12.1 Å². The van der Waals surface area contributed by atoms with Crippen molar-refractivity contribution in [2.45, 2.75) is 13.0 Å². The third-order valence-electron chi connectivity index (χ3n) is 3.14. The van der Waals surface area contributed by atoms with Crippen LogP contribution in [0.15, 0.2) is 42.5 Å². The minimum absolute atomic E-state index is 0.299. The van der Waals surface area contributed by atoms with E-state index in [1.54, 1.807) is 30.3 Å². The van der Waals surface area contributed by atoms with Gasteiger partial charge in [0.05, 0.1) is 5.56 Å². The number of benzene rings is 2. The van der Waals surface area contributed by atoms with Crippen LogP contribution in [0.3, 0.4) is 0 Å². The lowest BCUT2D eigenvalue weighted by molar-refractivity contribution is 0.0695. The summed E-state index contributed by atoms with van der Waals surface area (Å²) in [5.41, 5.74) is 1.55. The number of hydrogen-bond acceptors (Lipinski definition) is 2. The van der Waals surface area contributed by atoms with Crippen molar-refractivity contribution in [1.29, 1.82) is 0 Å². The molecule has 2 aromatic carbocycles. The SMILES string of the molecule is O=C(O)c1ccccc1CCNCc1cc(Cl)ccc1F. The normalized spacial score (nSPS) is 10.6. The zero-order chi connectivity index (χ0) is 15.2. The molecule has 0 unspecified atom stereocenters. The highest BCUT2D eigenvalue weighted by molar-refractivity contribution is 6.30. The Morgan fingerprint density at radius 1 is 1.19 bits per heavy atom. The van der Waals surface area contributed by atoms with E-state index in [2.05, 4.69) is 5.32 Å². The predicted molar refractivity (Wildman–Crippen MR) is 80.2 cm³/mol. The molecule has 5 heteroatoms. The van der Waals surface area contributed by atoms with E-state index >= 15 is 0 Å². The fourth-order valence-electron chi connectivity index (χ4n) is 2.07. The summed E-state index contributed by atoms with van der Waals surface area (Å²) in [6.45, 7) is 0.901. The maximum atomic E-state index is 13.5. The fourth-order valence-corrected chi connectivity index (χ4v) is 2.27. The van der Waals surface area contributed by atoms with Gasteiger partial charge in [0.15, 0.2) is 0 Å². The van der Waals surface area contributed by atoms with Crippen molar-refractivity contribution in [3.63, 3.8) is 0 Å². The number of carboxylic acids is 1. The predicted octanol–water partition coefficient (Wildman–Crippen LogP) is 3.51. The highest BCUT2D eigenvalue weighted by atomic mass is 35.5. The second-order valence-electron chi connectivity index (χ2n) is 4.62. The molecule has 0 heterocycles. The molecule has 0 radical (unpaired) electrons. The van der Waals surface area contributed by atoms with E-state index in [9.17, 15) is 9.18 Å². The van der Waals surface area contributed by atoms with Gasteiger partial charge in [-0.2, -0.15) is 0 Å². The Morgan fingerprint density at radius 3 is 2.71 bits per heavy atom. The second kappa shape index (κ2) is 7.20. The van der Waals surface area contributed by atoms with Crippen molar-refractivity contribution in [3.05, 3.63) is 70.0 Å². The molecule has 2 rings (SSSR count). The van der Waals surface area contributed by atoms with E-state index in [4.69, 9.17) is 16.7 Å². The number of rotatable bonds is 6. The number of halogens is 2. The van der Waals surface area contributed by atoms with E-state index in [-0.39, 0.29) is 5.82 Å². The van der Waals surface area contributed by atoms with Crippen LogP contribution in [0.5, 0.6) is 0 Å². The zero-order valence-electron chi connectivity index (χ0n) is 11.3. The molecule has 2 aromatic rings.